The number of aromatic nitrogens is 2. The van der Waals surface area contributed by atoms with Crippen LogP contribution in [0, 0.1) is 13.8 Å². The molecular formula is C24H30N4O5S. The highest BCUT2D eigenvalue weighted by Gasteiger charge is 2.19. The highest BCUT2D eigenvalue weighted by atomic mass is 32.2. The third kappa shape index (κ3) is 5.51. The average Bonchev–Trinajstić information content (AvgIpc) is 3.04. The summed E-state index contributed by atoms with van der Waals surface area (Å²) in [5.74, 6) is -0.598. The molecule has 0 aliphatic carbocycles. The molecule has 1 heterocycles. The number of benzene rings is 2. The number of anilines is 2. The van der Waals surface area contributed by atoms with E-state index in [1.54, 1.807) is 24.3 Å². The van der Waals surface area contributed by atoms with Gasteiger partial charge in [-0.05, 0) is 74.7 Å². The summed E-state index contributed by atoms with van der Waals surface area (Å²) in [6.07, 6.45) is 1.65. The molecule has 0 radical (unpaired) electrons. The molecule has 34 heavy (non-hydrogen) atoms. The van der Waals surface area contributed by atoms with E-state index in [9.17, 15) is 18.3 Å². The Kier molecular flexibility index (Phi) is 7.51. The van der Waals surface area contributed by atoms with Crippen molar-refractivity contribution >= 4 is 27.4 Å². The fourth-order valence-corrected chi connectivity index (χ4v) is 4.91. The fourth-order valence-electron chi connectivity index (χ4n) is 3.87. The molecule has 0 saturated carbocycles. The van der Waals surface area contributed by atoms with E-state index in [1.807, 2.05) is 37.5 Å². The van der Waals surface area contributed by atoms with Crippen LogP contribution < -0.4 is 14.4 Å². The SMILES string of the molecule is COc1ccc(S(=O)(=O)Nc2ccc(N(C)CCCc3c(C)nn(C)c3C)c(C(=O)O)c2)cc1. The van der Waals surface area contributed by atoms with Gasteiger partial charge in [-0.15, -0.1) is 0 Å². The van der Waals surface area contributed by atoms with Crippen LogP contribution in [-0.4, -0.2) is 50.0 Å². The molecule has 1 aromatic heterocycles. The van der Waals surface area contributed by atoms with Gasteiger partial charge in [0.25, 0.3) is 10.0 Å². The fraction of sp³-hybridized carbons (Fsp3) is 0.333. The number of nitrogens with one attached hydrogen (secondary N) is 1. The molecule has 0 unspecified atom stereocenters. The first-order valence-electron chi connectivity index (χ1n) is 10.8. The molecule has 10 heteroatoms. The molecular weight excluding hydrogens is 456 g/mol. The molecule has 3 aromatic rings. The maximum absolute atomic E-state index is 12.7. The minimum Gasteiger partial charge on any atom is -0.497 e. The molecule has 0 saturated heterocycles. The maximum atomic E-state index is 12.7. The molecule has 2 aromatic carbocycles. The lowest BCUT2D eigenvalue weighted by atomic mass is 10.1. The normalized spacial score (nSPS) is 11.3. The smallest absolute Gasteiger partial charge is 0.337 e. The Morgan fingerprint density at radius 1 is 1.18 bits per heavy atom. The second kappa shape index (κ2) is 10.2. The van der Waals surface area contributed by atoms with Crippen molar-refractivity contribution in [3.63, 3.8) is 0 Å². The number of rotatable bonds is 10. The van der Waals surface area contributed by atoms with Crippen molar-refractivity contribution in [1.29, 1.82) is 0 Å². The zero-order valence-electron chi connectivity index (χ0n) is 20.0. The number of aromatic carboxylic acids is 1. The quantitative estimate of drug-likeness (QED) is 0.450. The minimum absolute atomic E-state index is 0.0196. The van der Waals surface area contributed by atoms with Gasteiger partial charge in [0.2, 0.25) is 0 Å². The Balaban J connectivity index is 1.74. The number of hydrogen-bond donors (Lipinski definition) is 2. The van der Waals surface area contributed by atoms with Gasteiger partial charge >= 0.3 is 5.97 Å². The molecule has 0 bridgehead atoms. The van der Waals surface area contributed by atoms with Crippen LogP contribution in [0.25, 0.3) is 0 Å². The third-order valence-corrected chi connectivity index (χ3v) is 7.24. The lowest BCUT2D eigenvalue weighted by molar-refractivity contribution is 0.0697. The number of carbonyl (C=O) groups is 1. The summed E-state index contributed by atoms with van der Waals surface area (Å²) >= 11 is 0. The summed E-state index contributed by atoms with van der Waals surface area (Å²) in [4.78, 5) is 13.9. The largest absolute Gasteiger partial charge is 0.497 e. The first kappa shape index (κ1) is 25.1. The van der Waals surface area contributed by atoms with E-state index >= 15 is 0 Å². The highest BCUT2D eigenvalue weighted by Crippen LogP contribution is 2.26. The Hall–Kier alpha value is -3.53. The van der Waals surface area contributed by atoms with Crippen LogP contribution in [0.4, 0.5) is 11.4 Å². The van der Waals surface area contributed by atoms with E-state index < -0.39 is 16.0 Å². The van der Waals surface area contributed by atoms with Crippen LogP contribution in [0.15, 0.2) is 47.4 Å². The van der Waals surface area contributed by atoms with Crippen LogP contribution in [0.1, 0.15) is 33.7 Å². The molecule has 0 fully saturated rings. The molecule has 9 nitrogen and oxygen atoms in total. The summed E-state index contributed by atoms with van der Waals surface area (Å²) in [5, 5.41) is 14.2. The predicted octanol–water partition coefficient (Wildman–Crippen LogP) is 3.61. The molecule has 2 N–H and O–H groups in total. The maximum Gasteiger partial charge on any atom is 0.337 e. The van der Waals surface area contributed by atoms with E-state index in [4.69, 9.17) is 4.74 Å². The molecule has 0 atom stereocenters. The van der Waals surface area contributed by atoms with Gasteiger partial charge in [-0.25, -0.2) is 13.2 Å². The topological polar surface area (TPSA) is 114 Å². The van der Waals surface area contributed by atoms with Crippen molar-refractivity contribution in [3.8, 4) is 5.75 Å². The first-order valence-corrected chi connectivity index (χ1v) is 12.3. The lowest BCUT2D eigenvalue weighted by Gasteiger charge is -2.22. The number of nitrogens with zero attached hydrogens (tertiary/aromatic N) is 3. The van der Waals surface area contributed by atoms with E-state index in [0.717, 1.165) is 24.2 Å². The molecule has 3 rings (SSSR count). The molecule has 0 aliphatic rings. The number of sulfonamides is 1. The van der Waals surface area contributed by atoms with Gasteiger partial charge in [0.05, 0.1) is 29.0 Å². The monoisotopic (exact) mass is 486 g/mol. The van der Waals surface area contributed by atoms with Crippen molar-refractivity contribution < 1.29 is 23.1 Å². The summed E-state index contributed by atoms with van der Waals surface area (Å²) < 4.78 is 34.8. The summed E-state index contributed by atoms with van der Waals surface area (Å²) in [5.41, 5.74) is 4.04. The van der Waals surface area contributed by atoms with Gasteiger partial charge in [-0.3, -0.25) is 9.40 Å². The van der Waals surface area contributed by atoms with Gasteiger partial charge in [-0.2, -0.15) is 5.10 Å². The average molecular weight is 487 g/mol. The van der Waals surface area contributed by atoms with Gasteiger partial charge < -0.3 is 14.7 Å². The van der Waals surface area contributed by atoms with Crippen molar-refractivity contribution in [3.05, 3.63) is 65.0 Å². The number of aryl methyl sites for hydroxylation is 2. The van der Waals surface area contributed by atoms with Crippen molar-refractivity contribution in [2.75, 3.05) is 30.3 Å². The third-order valence-electron chi connectivity index (χ3n) is 5.84. The van der Waals surface area contributed by atoms with E-state index in [2.05, 4.69) is 9.82 Å². The molecule has 0 spiro atoms. The van der Waals surface area contributed by atoms with Crippen molar-refractivity contribution in [2.45, 2.75) is 31.6 Å². The molecule has 0 amide bonds. The summed E-state index contributed by atoms with van der Waals surface area (Å²) in [6.45, 7) is 4.65. The Morgan fingerprint density at radius 2 is 1.85 bits per heavy atom. The Morgan fingerprint density at radius 3 is 2.41 bits per heavy atom. The highest BCUT2D eigenvalue weighted by molar-refractivity contribution is 7.92. The van der Waals surface area contributed by atoms with Gasteiger partial charge in [0.15, 0.2) is 0 Å². The standard InChI is InChI=1S/C24H30N4O5S/c1-16-21(17(2)28(4)25-16)7-6-14-27(3)23-13-8-18(15-22(23)24(29)30)26-34(31,32)20-11-9-19(33-5)10-12-20/h8-13,15,26H,6-7,14H2,1-5H3,(H,29,30). The minimum atomic E-state index is -3.88. The molecule has 182 valence electrons. The van der Waals surface area contributed by atoms with Crippen LogP contribution in [0.5, 0.6) is 5.75 Å². The Labute approximate surface area is 200 Å². The van der Waals surface area contributed by atoms with Gasteiger partial charge in [0.1, 0.15) is 5.75 Å². The van der Waals surface area contributed by atoms with Gasteiger partial charge in [-0.1, -0.05) is 0 Å². The van der Waals surface area contributed by atoms with E-state index in [-0.39, 0.29) is 16.1 Å². The number of carboxylic acids is 1. The second-order valence-electron chi connectivity index (χ2n) is 8.12. The van der Waals surface area contributed by atoms with Crippen molar-refractivity contribution in [2.24, 2.45) is 7.05 Å². The van der Waals surface area contributed by atoms with E-state index in [0.29, 0.717) is 18.0 Å². The lowest BCUT2D eigenvalue weighted by Crippen LogP contribution is -2.22. The number of carboxylic acid groups (broad SMARTS) is 1. The number of methoxy groups -OCH3 is 1. The Bertz CT molecular complexity index is 1280. The molecule has 0 aliphatic heterocycles. The van der Waals surface area contributed by atoms with Crippen LogP contribution in [0.3, 0.4) is 0 Å². The second-order valence-corrected chi connectivity index (χ2v) is 9.80. The van der Waals surface area contributed by atoms with E-state index in [1.165, 1.54) is 30.9 Å². The summed E-state index contributed by atoms with van der Waals surface area (Å²) in [6, 6.07) is 10.5. The van der Waals surface area contributed by atoms with Crippen molar-refractivity contribution in [1.82, 2.24) is 9.78 Å². The summed E-state index contributed by atoms with van der Waals surface area (Å²) in [7, 11) is 1.35. The van der Waals surface area contributed by atoms with Crippen LogP contribution in [0.2, 0.25) is 0 Å². The zero-order valence-corrected chi connectivity index (χ0v) is 20.8. The zero-order chi connectivity index (χ0) is 25.0. The predicted molar refractivity (Wildman–Crippen MR) is 131 cm³/mol. The van der Waals surface area contributed by atoms with Crippen LogP contribution in [-0.2, 0) is 23.5 Å². The van der Waals surface area contributed by atoms with Gasteiger partial charge in [0, 0.05) is 32.0 Å². The first-order chi connectivity index (χ1) is 16.0. The number of ether oxygens (including phenoxy) is 1. The van der Waals surface area contributed by atoms with Crippen LogP contribution >= 0.6 is 0 Å². The number of hydrogen-bond acceptors (Lipinski definition) is 6.